The Morgan fingerprint density at radius 2 is 1.67 bits per heavy atom. The molecule has 0 bridgehead atoms. The van der Waals surface area contributed by atoms with Gasteiger partial charge in [0.2, 0.25) is 0 Å². The third-order valence-electron chi connectivity index (χ3n) is 2.65. The Hall–Kier alpha value is -1.67. The van der Waals surface area contributed by atoms with Gasteiger partial charge in [0, 0.05) is 5.56 Å². The molecular formula is C15H15ClO2. The van der Waals surface area contributed by atoms with Crippen LogP contribution in [0.1, 0.15) is 11.1 Å². The molecule has 2 aromatic carbocycles. The quantitative estimate of drug-likeness (QED) is 0.754. The van der Waals surface area contributed by atoms with E-state index in [0.29, 0.717) is 5.88 Å². The fourth-order valence-corrected chi connectivity index (χ4v) is 1.89. The Balaban J connectivity index is 2.22. The van der Waals surface area contributed by atoms with Crippen LogP contribution < -0.4 is 9.47 Å². The summed E-state index contributed by atoms with van der Waals surface area (Å²) in [7, 11) is 1.64. The molecule has 0 aliphatic heterocycles. The largest absolute Gasteiger partial charge is 0.497 e. The predicted octanol–water partition coefficient (Wildman–Crippen LogP) is 4.53. The summed E-state index contributed by atoms with van der Waals surface area (Å²) in [6, 6.07) is 13.5. The van der Waals surface area contributed by atoms with E-state index in [1.54, 1.807) is 7.11 Å². The molecular weight excluding hydrogens is 248 g/mol. The van der Waals surface area contributed by atoms with Crippen molar-refractivity contribution in [3.63, 3.8) is 0 Å². The lowest BCUT2D eigenvalue weighted by Gasteiger charge is -2.10. The fourth-order valence-electron chi connectivity index (χ4n) is 1.68. The molecule has 0 aromatic heterocycles. The Morgan fingerprint density at radius 3 is 2.28 bits per heavy atom. The maximum Gasteiger partial charge on any atom is 0.131 e. The van der Waals surface area contributed by atoms with Gasteiger partial charge >= 0.3 is 0 Å². The third kappa shape index (κ3) is 2.96. The van der Waals surface area contributed by atoms with Crippen molar-refractivity contribution in [1.82, 2.24) is 0 Å². The van der Waals surface area contributed by atoms with E-state index in [9.17, 15) is 0 Å². The molecule has 0 aliphatic carbocycles. The van der Waals surface area contributed by atoms with Crippen molar-refractivity contribution in [2.45, 2.75) is 12.8 Å². The van der Waals surface area contributed by atoms with Crippen LogP contribution in [0.4, 0.5) is 0 Å². The number of aryl methyl sites for hydroxylation is 1. The number of rotatable bonds is 4. The molecule has 94 valence electrons. The Bertz CT molecular complexity index is 521. The van der Waals surface area contributed by atoms with Crippen molar-refractivity contribution in [3.8, 4) is 17.2 Å². The third-order valence-corrected chi connectivity index (χ3v) is 2.94. The zero-order chi connectivity index (χ0) is 13.0. The molecule has 0 radical (unpaired) electrons. The molecule has 0 saturated carbocycles. The average molecular weight is 263 g/mol. The van der Waals surface area contributed by atoms with Crippen LogP contribution >= 0.6 is 11.6 Å². The second-order valence-electron chi connectivity index (χ2n) is 4.02. The van der Waals surface area contributed by atoms with E-state index < -0.39 is 0 Å². The molecule has 0 spiro atoms. The molecule has 3 heteroatoms. The topological polar surface area (TPSA) is 18.5 Å². The van der Waals surface area contributed by atoms with Crippen molar-refractivity contribution in [3.05, 3.63) is 53.6 Å². The highest BCUT2D eigenvalue weighted by molar-refractivity contribution is 6.17. The Morgan fingerprint density at radius 1 is 1.00 bits per heavy atom. The standard InChI is InChI=1S/C15H15ClO2/c1-11-3-8-15(12(9-11)10-16)18-14-6-4-13(17-2)5-7-14/h3-9H,10H2,1-2H3. The summed E-state index contributed by atoms with van der Waals surface area (Å²) >= 11 is 5.92. The summed E-state index contributed by atoms with van der Waals surface area (Å²) in [5.74, 6) is 2.81. The van der Waals surface area contributed by atoms with Crippen LogP contribution in [-0.4, -0.2) is 7.11 Å². The monoisotopic (exact) mass is 262 g/mol. The number of halogens is 1. The minimum Gasteiger partial charge on any atom is -0.497 e. The van der Waals surface area contributed by atoms with E-state index in [2.05, 4.69) is 0 Å². The molecule has 0 atom stereocenters. The summed E-state index contributed by atoms with van der Waals surface area (Å²) in [6.07, 6.45) is 0. The first-order valence-corrected chi connectivity index (χ1v) is 6.24. The molecule has 0 fully saturated rings. The van der Waals surface area contributed by atoms with Gasteiger partial charge in [0.05, 0.1) is 13.0 Å². The molecule has 2 nitrogen and oxygen atoms in total. The van der Waals surface area contributed by atoms with Gasteiger partial charge in [-0.15, -0.1) is 11.6 Å². The maximum atomic E-state index is 5.92. The van der Waals surface area contributed by atoms with Crippen LogP contribution in [-0.2, 0) is 5.88 Å². The van der Waals surface area contributed by atoms with E-state index in [1.165, 1.54) is 5.56 Å². The zero-order valence-corrected chi connectivity index (χ0v) is 11.2. The number of hydrogen-bond donors (Lipinski definition) is 0. The zero-order valence-electron chi connectivity index (χ0n) is 10.4. The lowest BCUT2D eigenvalue weighted by atomic mass is 10.1. The Kier molecular flexibility index (Phi) is 4.11. The van der Waals surface area contributed by atoms with Gasteiger partial charge in [-0.25, -0.2) is 0 Å². The summed E-state index contributed by atoms with van der Waals surface area (Å²) in [5.41, 5.74) is 2.17. The van der Waals surface area contributed by atoms with Gasteiger partial charge in [0.25, 0.3) is 0 Å². The van der Waals surface area contributed by atoms with Crippen molar-refractivity contribution in [2.24, 2.45) is 0 Å². The van der Waals surface area contributed by atoms with Crippen molar-refractivity contribution >= 4 is 11.6 Å². The van der Waals surface area contributed by atoms with Crippen molar-refractivity contribution < 1.29 is 9.47 Å². The molecule has 0 heterocycles. The minimum absolute atomic E-state index is 0.438. The van der Waals surface area contributed by atoms with E-state index in [4.69, 9.17) is 21.1 Å². The van der Waals surface area contributed by atoms with Gasteiger partial charge in [0.1, 0.15) is 17.2 Å². The van der Waals surface area contributed by atoms with E-state index in [0.717, 1.165) is 22.8 Å². The van der Waals surface area contributed by atoms with Gasteiger partial charge in [-0.05, 0) is 37.3 Å². The van der Waals surface area contributed by atoms with Gasteiger partial charge in [-0.3, -0.25) is 0 Å². The van der Waals surface area contributed by atoms with E-state index in [-0.39, 0.29) is 0 Å². The minimum atomic E-state index is 0.438. The first-order chi connectivity index (χ1) is 8.72. The molecule has 2 rings (SSSR count). The summed E-state index contributed by atoms with van der Waals surface area (Å²) in [4.78, 5) is 0. The molecule has 0 aliphatic rings. The van der Waals surface area contributed by atoms with Gasteiger partial charge in [0.15, 0.2) is 0 Å². The SMILES string of the molecule is COc1ccc(Oc2ccc(C)cc2CCl)cc1. The first kappa shape index (κ1) is 12.8. The average Bonchev–Trinajstić information content (AvgIpc) is 2.41. The van der Waals surface area contributed by atoms with Crippen LogP contribution in [0.2, 0.25) is 0 Å². The molecule has 0 N–H and O–H groups in total. The summed E-state index contributed by atoms with van der Waals surface area (Å²) in [6.45, 7) is 2.03. The van der Waals surface area contributed by atoms with Crippen LogP contribution in [0.15, 0.2) is 42.5 Å². The van der Waals surface area contributed by atoms with Gasteiger partial charge < -0.3 is 9.47 Å². The second kappa shape index (κ2) is 5.78. The number of hydrogen-bond acceptors (Lipinski definition) is 2. The van der Waals surface area contributed by atoms with Crippen LogP contribution in [0.5, 0.6) is 17.2 Å². The van der Waals surface area contributed by atoms with Gasteiger partial charge in [-0.2, -0.15) is 0 Å². The first-order valence-electron chi connectivity index (χ1n) is 5.70. The highest BCUT2D eigenvalue weighted by Gasteiger charge is 2.04. The highest BCUT2D eigenvalue weighted by atomic mass is 35.5. The normalized spacial score (nSPS) is 10.2. The summed E-state index contributed by atoms with van der Waals surface area (Å²) in [5, 5.41) is 0. The number of alkyl halides is 1. The number of ether oxygens (including phenoxy) is 2. The van der Waals surface area contributed by atoms with E-state index in [1.807, 2.05) is 49.4 Å². The summed E-state index contributed by atoms with van der Waals surface area (Å²) < 4.78 is 10.9. The molecule has 0 unspecified atom stereocenters. The highest BCUT2D eigenvalue weighted by Crippen LogP contribution is 2.28. The van der Waals surface area contributed by atoms with Crippen LogP contribution in [0, 0.1) is 6.92 Å². The molecule has 18 heavy (non-hydrogen) atoms. The number of benzene rings is 2. The number of methoxy groups -OCH3 is 1. The van der Waals surface area contributed by atoms with Gasteiger partial charge in [-0.1, -0.05) is 17.7 Å². The smallest absolute Gasteiger partial charge is 0.131 e. The molecule has 2 aromatic rings. The van der Waals surface area contributed by atoms with Crippen LogP contribution in [0.25, 0.3) is 0 Å². The second-order valence-corrected chi connectivity index (χ2v) is 4.29. The fraction of sp³-hybridized carbons (Fsp3) is 0.200. The molecule has 0 amide bonds. The Labute approximate surface area is 112 Å². The lowest BCUT2D eigenvalue weighted by molar-refractivity contribution is 0.412. The van der Waals surface area contributed by atoms with Crippen molar-refractivity contribution in [1.29, 1.82) is 0 Å². The van der Waals surface area contributed by atoms with Crippen LogP contribution in [0.3, 0.4) is 0 Å². The van der Waals surface area contributed by atoms with E-state index >= 15 is 0 Å². The maximum absolute atomic E-state index is 5.92. The molecule has 0 saturated heterocycles. The van der Waals surface area contributed by atoms with Crippen molar-refractivity contribution in [2.75, 3.05) is 7.11 Å². The lowest BCUT2D eigenvalue weighted by Crippen LogP contribution is -1.91. The predicted molar refractivity (Wildman–Crippen MR) is 73.8 cm³/mol.